The first kappa shape index (κ1) is 20.9. The molecule has 0 bridgehead atoms. The topological polar surface area (TPSA) is 106 Å². The SMILES string of the molecule is CCCc1[nH]n(-c2ccc([N+](=O)[O-])cc2)c(=O)c1C(C)=NCCN1CCOCC1. The fourth-order valence-electron chi connectivity index (χ4n) is 3.45. The van der Waals surface area contributed by atoms with Gasteiger partial charge in [0.05, 0.1) is 35.9 Å². The van der Waals surface area contributed by atoms with Gasteiger partial charge in [-0.2, -0.15) is 0 Å². The van der Waals surface area contributed by atoms with Crippen molar-refractivity contribution in [3.63, 3.8) is 0 Å². The third-order valence-corrected chi connectivity index (χ3v) is 5.01. The second-order valence-electron chi connectivity index (χ2n) is 7.05. The van der Waals surface area contributed by atoms with E-state index in [0.29, 0.717) is 23.5 Å². The number of nitrogens with one attached hydrogen (secondary N) is 1. The number of ether oxygens (including phenoxy) is 1. The summed E-state index contributed by atoms with van der Waals surface area (Å²) in [6.07, 6.45) is 1.61. The molecule has 9 heteroatoms. The normalized spacial score (nSPS) is 15.6. The highest BCUT2D eigenvalue weighted by molar-refractivity contribution is 5.99. The number of rotatable bonds is 8. The number of aromatic nitrogens is 2. The lowest BCUT2D eigenvalue weighted by molar-refractivity contribution is -0.384. The largest absolute Gasteiger partial charge is 0.379 e. The van der Waals surface area contributed by atoms with E-state index in [1.54, 1.807) is 12.1 Å². The fourth-order valence-corrected chi connectivity index (χ4v) is 3.45. The number of benzene rings is 1. The number of nitrogens with zero attached hydrogens (tertiary/aromatic N) is 4. The summed E-state index contributed by atoms with van der Waals surface area (Å²) in [5, 5.41) is 14.0. The van der Waals surface area contributed by atoms with E-state index >= 15 is 0 Å². The van der Waals surface area contributed by atoms with Crippen LogP contribution in [-0.4, -0.2) is 64.7 Å². The second kappa shape index (κ2) is 9.62. The molecule has 0 radical (unpaired) electrons. The maximum absolute atomic E-state index is 13.1. The average molecular weight is 401 g/mol. The van der Waals surface area contributed by atoms with Gasteiger partial charge in [-0.15, -0.1) is 0 Å². The molecule has 1 aromatic carbocycles. The zero-order chi connectivity index (χ0) is 20.8. The highest BCUT2D eigenvalue weighted by Gasteiger charge is 2.18. The zero-order valence-electron chi connectivity index (χ0n) is 16.9. The molecule has 1 aromatic heterocycles. The highest BCUT2D eigenvalue weighted by Crippen LogP contribution is 2.15. The summed E-state index contributed by atoms with van der Waals surface area (Å²) in [6, 6.07) is 5.93. The van der Waals surface area contributed by atoms with Gasteiger partial charge in [0.15, 0.2) is 0 Å². The smallest absolute Gasteiger partial charge is 0.280 e. The van der Waals surface area contributed by atoms with E-state index in [9.17, 15) is 14.9 Å². The molecular formula is C20H27N5O4. The minimum absolute atomic E-state index is 0.0109. The summed E-state index contributed by atoms with van der Waals surface area (Å²) in [6.45, 7) is 8.70. The molecule has 0 atom stereocenters. The van der Waals surface area contributed by atoms with Gasteiger partial charge in [-0.3, -0.25) is 29.9 Å². The first-order valence-corrected chi connectivity index (χ1v) is 9.91. The quantitative estimate of drug-likeness (QED) is 0.415. The number of non-ortho nitro benzene ring substituents is 1. The number of aromatic amines is 1. The Morgan fingerprint density at radius 3 is 2.59 bits per heavy atom. The summed E-state index contributed by atoms with van der Waals surface area (Å²) in [4.78, 5) is 30.4. The second-order valence-corrected chi connectivity index (χ2v) is 7.05. The van der Waals surface area contributed by atoms with Crippen LogP contribution in [0.25, 0.3) is 5.69 Å². The van der Waals surface area contributed by atoms with Crippen molar-refractivity contribution in [1.29, 1.82) is 0 Å². The van der Waals surface area contributed by atoms with E-state index < -0.39 is 4.92 Å². The molecule has 0 saturated carbocycles. The van der Waals surface area contributed by atoms with Gasteiger partial charge < -0.3 is 4.74 Å². The fraction of sp³-hybridized carbons (Fsp3) is 0.500. The average Bonchev–Trinajstić information content (AvgIpc) is 3.05. The molecule has 0 amide bonds. The lowest BCUT2D eigenvalue weighted by atomic mass is 10.1. The van der Waals surface area contributed by atoms with Crippen molar-refractivity contribution in [1.82, 2.24) is 14.7 Å². The Bertz CT molecular complexity index is 923. The van der Waals surface area contributed by atoms with E-state index in [2.05, 4.69) is 21.9 Å². The monoisotopic (exact) mass is 401 g/mol. The molecule has 0 unspecified atom stereocenters. The van der Waals surface area contributed by atoms with Crippen molar-refractivity contribution in [2.45, 2.75) is 26.7 Å². The number of aryl methyl sites for hydroxylation is 1. The summed E-state index contributed by atoms with van der Waals surface area (Å²) >= 11 is 0. The molecule has 0 aliphatic carbocycles. The number of nitro groups is 1. The maximum Gasteiger partial charge on any atom is 0.280 e. The van der Waals surface area contributed by atoms with Crippen LogP contribution in [-0.2, 0) is 11.2 Å². The van der Waals surface area contributed by atoms with Crippen LogP contribution >= 0.6 is 0 Å². The number of nitro benzene ring substituents is 1. The van der Waals surface area contributed by atoms with Crippen molar-refractivity contribution in [3.8, 4) is 5.69 Å². The van der Waals surface area contributed by atoms with Crippen molar-refractivity contribution >= 4 is 11.4 Å². The van der Waals surface area contributed by atoms with E-state index in [1.165, 1.54) is 16.8 Å². The van der Waals surface area contributed by atoms with Gasteiger partial charge in [-0.25, -0.2) is 4.68 Å². The van der Waals surface area contributed by atoms with Crippen molar-refractivity contribution in [2.75, 3.05) is 39.4 Å². The Hall–Kier alpha value is -2.78. The van der Waals surface area contributed by atoms with E-state index in [-0.39, 0.29) is 11.2 Å². The Morgan fingerprint density at radius 1 is 1.28 bits per heavy atom. The lowest BCUT2D eigenvalue weighted by Crippen LogP contribution is -2.37. The summed E-state index contributed by atoms with van der Waals surface area (Å²) in [5.74, 6) is 0. The van der Waals surface area contributed by atoms with Crippen molar-refractivity contribution < 1.29 is 9.66 Å². The third kappa shape index (κ3) is 4.99. The molecular weight excluding hydrogens is 374 g/mol. The number of H-pyrrole nitrogens is 1. The Kier molecular flexibility index (Phi) is 6.95. The van der Waals surface area contributed by atoms with Gasteiger partial charge in [-0.1, -0.05) is 13.3 Å². The van der Waals surface area contributed by atoms with Gasteiger partial charge in [0.2, 0.25) is 0 Å². The standard InChI is InChI=1S/C20H27N5O4/c1-3-4-18-19(15(2)21-9-10-23-11-13-29-14-12-23)20(26)24(22-18)16-5-7-17(8-6-16)25(27)28/h5-8,22H,3-4,9-14H2,1-2H3. The molecule has 2 heterocycles. The summed E-state index contributed by atoms with van der Waals surface area (Å²) in [7, 11) is 0. The van der Waals surface area contributed by atoms with Gasteiger partial charge in [0, 0.05) is 43.2 Å². The van der Waals surface area contributed by atoms with E-state index in [0.717, 1.165) is 51.4 Å². The van der Waals surface area contributed by atoms with E-state index in [4.69, 9.17) is 4.74 Å². The van der Waals surface area contributed by atoms with Gasteiger partial charge in [-0.05, 0) is 25.5 Å². The van der Waals surface area contributed by atoms with Crippen LogP contribution < -0.4 is 5.56 Å². The van der Waals surface area contributed by atoms with E-state index in [1.807, 2.05) is 6.92 Å². The number of hydrogen-bond acceptors (Lipinski definition) is 6. The summed E-state index contributed by atoms with van der Waals surface area (Å²) in [5.41, 5.74) is 2.50. The number of morpholine rings is 1. The molecule has 3 rings (SSSR count). The van der Waals surface area contributed by atoms with Crippen LogP contribution in [0.3, 0.4) is 0 Å². The molecule has 1 fully saturated rings. The Balaban J connectivity index is 1.84. The predicted octanol–water partition coefficient (Wildman–Crippen LogP) is 2.17. The first-order chi connectivity index (χ1) is 14.0. The Labute approximate surface area is 169 Å². The molecule has 1 aliphatic heterocycles. The number of hydrogen-bond donors (Lipinski definition) is 1. The van der Waals surface area contributed by atoms with Gasteiger partial charge in [0.25, 0.3) is 11.2 Å². The minimum atomic E-state index is -0.458. The molecule has 1 aliphatic rings. The molecule has 0 spiro atoms. The maximum atomic E-state index is 13.1. The predicted molar refractivity (Wildman–Crippen MR) is 111 cm³/mol. The number of aliphatic imine (C=N–C) groups is 1. The van der Waals surface area contributed by atoms with Crippen LogP contribution in [0.15, 0.2) is 34.1 Å². The van der Waals surface area contributed by atoms with Crippen LogP contribution in [0.4, 0.5) is 5.69 Å². The van der Waals surface area contributed by atoms with Gasteiger partial charge in [0.1, 0.15) is 0 Å². The van der Waals surface area contributed by atoms with Crippen molar-refractivity contribution in [2.24, 2.45) is 4.99 Å². The van der Waals surface area contributed by atoms with Crippen LogP contribution in [0.2, 0.25) is 0 Å². The molecule has 2 aromatic rings. The zero-order valence-corrected chi connectivity index (χ0v) is 16.9. The molecule has 29 heavy (non-hydrogen) atoms. The summed E-state index contributed by atoms with van der Waals surface area (Å²) < 4.78 is 6.79. The molecule has 1 saturated heterocycles. The lowest BCUT2D eigenvalue weighted by Gasteiger charge is -2.25. The van der Waals surface area contributed by atoms with Crippen LogP contribution in [0.5, 0.6) is 0 Å². The Morgan fingerprint density at radius 2 is 1.97 bits per heavy atom. The molecule has 156 valence electrons. The minimum Gasteiger partial charge on any atom is -0.379 e. The van der Waals surface area contributed by atoms with Gasteiger partial charge >= 0.3 is 0 Å². The van der Waals surface area contributed by atoms with Crippen LogP contribution in [0.1, 0.15) is 31.5 Å². The highest BCUT2D eigenvalue weighted by atomic mass is 16.6. The first-order valence-electron chi connectivity index (χ1n) is 9.91. The third-order valence-electron chi connectivity index (χ3n) is 5.01. The molecule has 9 nitrogen and oxygen atoms in total. The van der Waals surface area contributed by atoms with Crippen LogP contribution in [0, 0.1) is 10.1 Å². The van der Waals surface area contributed by atoms with Crippen molar-refractivity contribution in [3.05, 3.63) is 56.0 Å². The molecule has 1 N–H and O–H groups in total.